The van der Waals surface area contributed by atoms with E-state index in [9.17, 15) is 14.0 Å². The molecule has 0 spiro atoms. The molecule has 0 radical (unpaired) electrons. The molecule has 1 heterocycles. The van der Waals surface area contributed by atoms with Gasteiger partial charge in [0.1, 0.15) is 11.9 Å². The van der Waals surface area contributed by atoms with Crippen LogP contribution in [0.1, 0.15) is 17.3 Å². The van der Waals surface area contributed by atoms with Crippen LogP contribution in [0.25, 0.3) is 0 Å². The number of hydrogen-bond acceptors (Lipinski definition) is 3. The van der Waals surface area contributed by atoms with Gasteiger partial charge in [0.25, 0.3) is 5.91 Å². The third kappa shape index (κ3) is 1.48. The van der Waals surface area contributed by atoms with E-state index in [1.807, 2.05) is 0 Å². The zero-order chi connectivity index (χ0) is 11.9. The lowest BCUT2D eigenvalue weighted by molar-refractivity contribution is -0.117. The summed E-state index contributed by atoms with van der Waals surface area (Å²) in [7, 11) is 0. The van der Waals surface area contributed by atoms with Crippen molar-refractivity contribution in [1.82, 2.24) is 5.32 Å². The van der Waals surface area contributed by atoms with Crippen LogP contribution in [-0.4, -0.2) is 17.9 Å². The first-order valence-corrected chi connectivity index (χ1v) is 4.70. The molecule has 1 aromatic carbocycles. The summed E-state index contributed by atoms with van der Waals surface area (Å²) in [5.41, 5.74) is 5.44. The number of hydrogen-bond donors (Lipinski definition) is 3. The molecular formula is C10H10FN3O2. The summed E-state index contributed by atoms with van der Waals surface area (Å²) < 4.78 is 13.2. The van der Waals surface area contributed by atoms with Crippen LogP contribution in [0.15, 0.2) is 12.1 Å². The maximum Gasteiger partial charge on any atom is 0.254 e. The number of halogens is 1. The molecule has 5 nitrogen and oxygen atoms in total. The fourth-order valence-electron chi connectivity index (χ4n) is 1.49. The van der Waals surface area contributed by atoms with Gasteiger partial charge in [0.15, 0.2) is 0 Å². The summed E-state index contributed by atoms with van der Waals surface area (Å²) >= 11 is 0. The van der Waals surface area contributed by atoms with Gasteiger partial charge in [-0.2, -0.15) is 0 Å². The van der Waals surface area contributed by atoms with Gasteiger partial charge in [0.05, 0.1) is 16.9 Å². The van der Waals surface area contributed by atoms with Crippen LogP contribution in [0.3, 0.4) is 0 Å². The van der Waals surface area contributed by atoms with Gasteiger partial charge >= 0.3 is 0 Å². The number of carbonyl (C=O) groups is 2. The third-order valence-corrected chi connectivity index (χ3v) is 2.43. The number of amides is 2. The lowest BCUT2D eigenvalue weighted by Crippen LogP contribution is -2.38. The quantitative estimate of drug-likeness (QED) is 0.559. The number of carbonyl (C=O) groups excluding carboxylic acids is 2. The normalized spacial score (nSPS) is 19.5. The van der Waals surface area contributed by atoms with E-state index in [4.69, 9.17) is 5.73 Å². The van der Waals surface area contributed by atoms with Gasteiger partial charge < -0.3 is 16.4 Å². The molecule has 6 heteroatoms. The first-order chi connectivity index (χ1) is 7.50. The molecule has 16 heavy (non-hydrogen) atoms. The first-order valence-electron chi connectivity index (χ1n) is 4.70. The Kier molecular flexibility index (Phi) is 2.26. The van der Waals surface area contributed by atoms with Crippen LogP contribution in [0.5, 0.6) is 0 Å². The molecule has 0 aromatic heterocycles. The second-order valence-corrected chi connectivity index (χ2v) is 3.57. The standard InChI is InChI=1S/C10H10FN3O2/c1-4-9(15)14-8-5(10(16)13-4)2-3-6(11)7(8)12/h2-4H,12H2,1H3,(H,13,16)(H,14,15). The van der Waals surface area contributed by atoms with Gasteiger partial charge in [0, 0.05) is 0 Å². The molecule has 0 saturated heterocycles. The van der Waals surface area contributed by atoms with Gasteiger partial charge in [-0.25, -0.2) is 4.39 Å². The molecule has 2 amide bonds. The van der Waals surface area contributed by atoms with Crippen LogP contribution < -0.4 is 16.4 Å². The van der Waals surface area contributed by atoms with Crippen molar-refractivity contribution >= 4 is 23.2 Å². The van der Waals surface area contributed by atoms with E-state index < -0.39 is 23.7 Å². The first kappa shape index (κ1) is 10.4. The van der Waals surface area contributed by atoms with Crippen molar-refractivity contribution in [3.8, 4) is 0 Å². The minimum absolute atomic E-state index is 0.0341. The number of nitrogens with two attached hydrogens (primary N) is 1. The van der Waals surface area contributed by atoms with E-state index in [2.05, 4.69) is 10.6 Å². The molecule has 0 aliphatic carbocycles. The van der Waals surface area contributed by atoms with Crippen molar-refractivity contribution in [3.63, 3.8) is 0 Å². The molecular weight excluding hydrogens is 213 g/mol. The van der Waals surface area contributed by atoms with Crippen molar-refractivity contribution in [3.05, 3.63) is 23.5 Å². The van der Waals surface area contributed by atoms with Gasteiger partial charge in [-0.3, -0.25) is 9.59 Å². The van der Waals surface area contributed by atoms with E-state index >= 15 is 0 Å². The van der Waals surface area contributed by atoms with Crippen LogP contribution in [0, 0.1) is 5.82 Å². The average molecular weight is 223 g/mol. The fraction of sp³-hybridized carbons (Fsp3) is 0.200. The van der Waals surface area contributed by atoms with Gasteiger partial charge in [-0.15, -0.1) is 0 Å². The van der Waals surface area contributed by atoms with E-state index in [0.717, 1.165) is 6.07 Å². The SMILES string of the molecule is CC1NC(=O)c2ccc(F)c(N)c2NC1=O. The maximum absolute atomic E-state index is 13.2. The summed E-state index contributed by atoms with van der Waals surface area (Å²) in [4.78, 5) is 23.1. The highest BCUT2D eigenvalue weighted by molar-refractivity contribution is 6.12. The Hall–Kier alpha value is -2.11. The third-order valence-electron chi connectivity index (χ3n) is 2.43. The molecule has 2 rings (SSSR count). The van der Waals surface area contributed by atoms with Crippen LogP contribution in [0.4, 0.5) is 15.8 Å². The van der Waals surface area contributed by atoms with Crippen LogP contribution in [0.2, 0.25) is 0 Å². The lowest BCUT2D eigenvalue weighted by atomic mass is 10.1. The van der Waals surface area contributed by atoms with E-state index in [0.29, 0.717) is 0 Å². The minimum atomic E-state index is -0.678. The van der Waals surface area contributed by atoms with Crippen molar-refractivity contribution in [2.24, 2.45) is 0 Å². The minimum Gasteiger partial charge on any atom is -0.395 e. The number of fused-ring (bicyclic) bond motifs is 1. The predicted molar refractivity (Wildman–Crippen MR) is 56.4 cm³/mol. The highest BCUT2D eigenvalue weighted by Gasteiger charge is 2.26. The monoisotopic (exact) mass is 223 g/mol. The Morgan fingerprint density at radius 3 is 2.75 bits per heavy atom. The second kappa shape index (κ2) is 3.48. The van der Waals surface area contributed by atoms with Crippen molar-refractivity contribution in [2.45, 2.75) is 13.0 Å². The van der Waals surface area contributed by atoms with Crippen LogP contribution in [-0.2, 0) is 4.79 Å². The number of benzene rings is 1. The largest absolute Gasteiger partial charge is 0.395 e. The summed E-state index contributed by atoms with van der Waals surface area (Å²) in [6, 6.07) is 1.70. The number of nitrogen functional groups attached to an aromatic ring is 1. The van der Waals surface area contributed by atoms with Gasteiger partial charge in [-0.05, 0) is 19.1 Å². The molecule has 0 bridgehead atoms. The predicted octanol–water partition coefficient (Wildman–Crippen LogP) is 0.478. The summed E-state index contributed by atoms with van der Waals surface area (Å²) in [6.07, 6.45) is 0. The van der Waals surface area contributed by atoms with E-state index in [1.165, 1.54) is 13.0 Å². The molecule has 1 unspecified atom stereocenters. The smallest absolute Gasteiger partial charge is 0.254 e. The number of anilines is 2. The van der Waals surface area contributed by atoms with Crippen LogP contribution >= 0.6 is 0 Å². The van der Waals surface area contributed by atoms with E-state index in [-0.39, 0.29) is 16.9 Å². The molecule has 1 aromatic rings. The molecule has 84 valence electrons. The zero-order valence-corrected chi connectivity index (χ0v) is 8.50. The van der Waals surface area contributed by atoms with Gasteiger partial charge in [0.2, 0.25) is 5.91 Å². The Bertz CT molecular complexity index is 487. The molecule has 4 N–H and O–H groups in total. The maximum atomic E-state index is 13.2. The van der Waals surface area contributed by atoms with Crippen molar-refractivity contribution < 1.29 is 14.0 Å². The molecule has 1 aliphatic rings. The average Bonchev–Trinajstić information content (AvgIpc) is 2.33. The van der Waals surface area contributed by atoms with E-state index in [1.54, 1.807) is 0 Å². The highest BCUT2D eigenvalue weighted by Crippen LogP contribution is 2.28. The van der Waals surface area contributed by atoms with Crippen molar-refractivity contribution in [1.29, 1.82) is 0 Å². The fourth-order valence-corrected chi connectivity index (χ4v) is 1.49. The lowest BCUT2D eigenvalue weighted by Gasteiger charge is -2.09. The summed E-state index contributed by atoms with van der Waals surface area (Å²) in [6.45, 7) is 1.53. The molecule has 1 aliphatic heterocycles. The topological polar surface area (TPSA) is 84.2 Å². The Morgan fingerprint density at radius 2 is 2.06 bits per heavy atom. The summed E-state index contributed by atoms with van der Waals surface area (Å²) in [5.74, 6) is -1.54. The Labute approximate surface area is 90.8 Å². The Morgan fingerprint density at radius 1 is 1.38 bits per heavy atom. The second-order valence-electron chi connectivity index (χ2n) is 3.57. The highest BCUT2D eigenvalue weighted by atomic mass is 19.1. The molecule has 0 saturated carbocycles. The number of rotatable bonds is 0. The Balaban J connectivity index is 2.60. The van der Waals surface area contributed by atoms with Gasteiger partial charge in [-0.1, -0.05) is 0 Å². The molecule has 1 atom stereocenters. The number of nitrogens with one attached hydrogen (secondary N) is 2. The zero-order valence-electron chi connectivity index (χ0n) is 8.50. The van der Waals surface area contributed by atoms with Crippen molar-refractivity contribution in [2.75, 3.05) is 11.1 Å². The summed E-state index contributed by atoms with van der Waals surface area (Å²) in [5, 5.41) is 4.89. The molecule has 0 fully saturated rings.